The van der Waals surface area contributed by atoms with Crippen LogP contribution in [0, 0.1) is 0 Å². The maximum atomic E-state index is 5.81. The number of pyridine rings is 1. The Balaban J connectivity index is 2.13. The minimum absolute atomic E-state index is 0.381. The van der Waals surface area contributed by atoms with Crippen LogP contribution in [0.2, 0.25) is 0 Å². The van der Waals surface area contributed by atoms with Crippen molar-refractivity contribution in [3.63, 3.8) is 0 Å². The highest BCUT2D eigenvalue weighted by atomic mass is 35.5. The fraction of sp³-hybridized carbons (Fsp3) is 0.333. The quantitative estimate of drug-likeness (QED) is 0.766. The van der Waals surface area contributed by atoms with Crippen LogP contribution in [0.5, 0.6) is 11.5 Å². The first kappa shape index (κ1) is 11.9. The third kappa shape index (κ3) is 2.97. The van der Waals surface area contributed by atoms with Crippen molar-refractivity contribution < 1.29 is 4.74 Å². The largest absolute Gasteiger partial charge is 0.454 e. The second-order valence-corrected chi connectivity index (χ2v) is 3.93. The Labute approximate surface area is 105 Å². The van der Waals surface area contributed by atoms with Crippen LogP contribution in [-0.4, -0.2) is 14.8 Å². The van der Waals surface area contributed by atoms with E-state index in [0.29, 0.717) is 5.88 Å². The SMILES string of the molecule is CCCn1cc(Oc2ccncc2CCl)cn1. The lowest BCUT2D eigenvalue weighted by molar-refractivity contribution is 0.475. The zero-order chi connectivity index (χ0) is 12.1. The van der Waals surface area contributed by atoms with Crippen LogP contribution in [0.1, 0.15) is 18.9 Å². The van der Waals surface area contributed by atoms with Crippen LogP contribution in [-0.2, 0) is 12.4 Å². The molecule has 0 aliphatic rings. The van der Waals surface area contributed by atoms with E-state index in [1.54, 1.807) is 24.7 Å². The Bertz CT molecular complexity index is 484. The monoisotopic (exact) mass is 251 g/mol. The van der Waals surface area contributed by atoms with Crippen molar-refractivity contribution in [2.24, 2.45) is 0 Å². The summed E-state index contributed by atoms with van der Waals surface area (Å²) in [5.41, 5.74) is 0.873. The number of rotatable bonds is 5. The maximum Gasteiger partial charge on any atom is 0.165 e. The highest BCUT2D eigenvalue weighted by Gasteiger charge is 2.05. The fourth-order valence-corrected chi connectivity index (χ4v) is 1.69. The van der Waals surface area contributed by atoms with E-state index >= 15 is 0 Å². The molecule has 2 aromatic heterocycles. The molecule has 0 unspecified atom stereocenters. The van der Waals surface area contributed by atoms with E-state index in [1.165, 1.54) is 0 Å². The number of hydrogen-bond acceptors (Lipinski definition) is 3. The van der Waals surface area contributed by atoms with Crippen molar-refractivity contribution in [2.45, 2.75) is 25.8 Å². The van der Waals surface area contributed by atoms with Crippen molar-refractivity contribution >= 4 is 11.6 Å². The van der Waals surface area contributed by atoms with Crippen LogP contribution in [0.4, 0.5) is 0 Å². The lowest BCUT2D eigenvalue weighted by Crippen LogP contribution is -1.95. The van der Waals surface area contributed by atoms with Gasteiger partial charge in [-0.25, -0.2) is 0 Å². The van der Waals surface area contributed by atoms with Gasteiger partial charge in [-0.3, -0.25) is 9.67 Å². The first-order valence-electron chi connectivity index (χ1n) is 5.52. The molecular formula is C12H14ClN3O. The molecule has 0 spiro atoms. The van der Waals surface area contributed by atoms with Crippen molar-refractivity contribution in [1.82, 2.24) is 14.8 Å². The number of alkyl halides is 1. The molecule has 0 atom stereocenters. The molecule has 2 heterocycles. The minimum atomic E-state index is 0.381. The average Bonchev–Trinajstić information content (AvgIpc) is 2.78. The first-order valence-corrected chi connectivity index (χ1v) is 6.06. The van der Waals surface area contributed by atoms with E-state index in [1.807, 2.05) is 10.9 Å². The molecule has 0 saturated heterocycles. The van der Waals surface area contributed by atoms with Gasteiger partial charge in [0.25, 0.3) is 0 Å². The van der Waals surface area contributed by atoms with E-state index in [0.717, 1.165) is 30.0 Å². The number of hydrogen-bond donors (Lipinski definition) is 0. The van der Waals surface area contributed by atoms with E-state index in [-0.39, 0.29) is 0 Å². The normalized spacial score (nSPS) is 10.5. The summed E-state index contributed by atoms with van der Waals surface area (Å²) in [6.07, 6.45) is 8.01. The average molecular weight is 252 g/mol. The molecule has 90 valence electrons. The van der Waals surface area contributed by atoms with Crippen molar-refractivity contribution in [3.8, 4) is 11.5 Å². The summed E-state index contributed by atoms with van der Waals surface area (Å²) in [4.78, 5) is 4.01. The summed E-state index contributed by atoms with van der Waals surface area (Å²) in [7, 11) is 0. The van der Waals surface area contributed by atoms with Gasteiger partial charge < -0.3 is 4.74 Å². The predicted molar refractivity (Wildman–Crippen MR) is 66.4 cm³/mol. The predicted octanol–water partition coefficient (Wildman–Crippen LogP) is 3.22. The summed E-state index contributed by atoms with van der Waals surface area (Å²) in [5.74, 6) is 1.83. The van der Waals surface area contributed by atoms with Crippen LogP contribution in [0.3, 0.4) is 0 Å². The molecule has 2 aromatic rings. The Kier molecular flexibility index (Phi) is 3.98. The third-order valence-corrected chi connectivity index (χ3v) is 2.58. The van der Waals surface area contributed by atoms with Crippen LogP contribution < -0.4 is 4.74 Å². The Morgan fingerprint density at radius 1 is 1.41 bits per heavy atom. The summed E-state index contributed by atoms with van der Waals surface area (Å²) in [5, 5.41) is 4.20. The smallest absolute Gasteiger partial charge is 0.165 e. The molecule has 0 amide bonds. The van der Waals surface area contributed by atoms with Gasteiger partial charge in [0.05, 0.1) is 18.3 Å². The van der Waals surface area contributed by atoms with Gasteiger partial charge in [-0.15, -0.1) is 11.6 Å². The van der Waals surface area contributed by atoms with Gasteiger partial charge in [0.15, 0.2) is 5.75 Å². The molecular weight excluding hydrogens is 238 g/mol. The highest BCUT2D eigenvalue weighted by Crippen LogP contribution is 2.25. The van der Waals surface area contributed by atoms with Crippen molar-refractivity contribution in [2.75, 3.05) is 0 Å². The zero-order valence-corrected chi connectivity index (χ0v) is 10.4. The van der Waals surface area contributed by atoms with Crippen LogP contribution in [0.25, 0.3) is 0 Å². The lowest BCUT2D eigenvalue weighted by Gasteiger charge is -2.06. The molecule has 0 aromatic carbocycles. The maximum absolute atomic E-state index is 5.81. The summed E-state index contributed by atoms with van der Waals surface area (Å²) in [6, 6.07) is 1.80. The van der Waals surface area contributed by atoms with Gasteiger partial charge in [-0.1, -0.05) is 6.92 Å². The number of aromatic nitrogens is 3. The van der Waals surface area contributed by atoms with Gasteiger partial charge in [-0.05, 0) is 12.5 Å². The lowest BCUT2D eigenvalue weighted by atomic mass is 10.3. The molecule has 0 aliphatic heterocycles. The van der Waals surface area contributed by atoms with Gasteiger partial charge in [-0.2, -0.15) is 5.10 Å². The summed E-state index contributed by atoms with van der Waals surface area (Å²) < 4.78 is 7.58. The zero-order valence-electron chi connectivity index (χ0n) is 9.64. The molecule has 17 heavy (non-hydrogen) atoms. The van der Waals surface area contributed by atoms with Gasteiger partial charge >= 0.3 is 0 Å². The Morgan fingerprint density at radius 2 is 2.29 bits per heavy atom. The fourth-order valence-electron chi connectivity index (χ4n) is 1.49. The molecule has 2 rings (SSSR count). The molecule has 5 heteroatoms. The van der Waals surface area contributed by atoms with Gasteiger partial charge in [0.1, 0.15) is 5.75 Å². The summed E-state index contributed by atoms with van der Waals surface area (Å²) >= 11 is 5.81. The molecule has 0 fully saturated rings. The second-order valence-electron chi connectivity index (χ2n) is 3.66. The van der Waals surface area contributed by atoms with E-state index in [2.05, 4.69) is 17.0 Å². The van der Waals surface area contributed by atoms with Crippen LogP contribution in [0.15, 0.2) is 30.9 Å². The van der Waals surface area contributed by atoms with Gasteiger partial charge in [0, 0.05) is 24.5 Å². The number of aryl methyl sites for hydroxylation is 1. The van der Waals surface area contributed by atoms with Crippen molar-refractivity contribution in [1.29, 1.82) is 0 Å². The number of nitrogens with zero attached hydrogens (tertiary/aromatic N) is 3. The minimum Gasteiger partial charge on any atom is -0.454 e. The molecule has 4 nitrogen and oxygen atoms in total. The van der Waals surface area contributed by atoms with Crippen LogP contribution >= 0.6 is 11.6 Å². The highest BCUT2D eigenvalue weighted by molar-refractivity contribution is 6.17. The van der Waals surface area contributed by atoms with E-state index in [9.17, 15) is 0 Å². The molecule has 0 saturated carbocycles. The molecule has 0 radical (unpaired) electrons. The Hall–Kier alpha value is -1.55. The topological polar surface area (TPSA) is 39.9 Å². The number of halogens is 1. The third-order valence-electron chi connectivity index (χ3n) is 2.29. The molecule has 0 bridgehead atoms. The first-order chi connectivity index (χ1) is 8.33. The number of ether oxygens (including phenoxy) is 1. The van der Waals surface area contributed by atoms with E-state index in [4.69, 9.17) is 16.3 Å². The Morgan fingerprint density at radius 3 is 3.06 bits per heavy atom. The van der Waals surface area contributed by atoms with E-state index < -0.39 is 0 Å². The molecule has 0 aliphatic carbocycles. The standard InChI is InChI=1S/C12H14ClN3O/c1-2-5-16-9-11(8-15-16)17-12-3-4-14-7-10(12)6-13/h3-4,7-9H,2,5-6H2,1H3. The second kappa shape index (κ2) is 5.68. The van der Waals surface area contributed by atoms with Crippen molar-refractivity contribution in [3.05, 3.63) is 36.4 Å². The van der Waals surface area contributed by atoms with Gasteiger partial charge in [0.2, 0.25) is 0 Å². The summed E-state index contributed by atoms with van der Waals surface area (Å²) in [6.45, 7) is 3.00. The molecule has 0 N–H and O–H groups in total.